The highest BCUT2D eigenvalue weighted by Gasteiger charge is 2.34. The van der Waals surface area contributed by atoms with Gasteiger partial charge in [0.2, 0.25) is 11.9 Å². The second-order valence-electron chi connectivity index (χ2n) is 13.5. The number of hydrogen-bond acceptors (Lipinski definition) is 6. The Morgan fingerprint density at radius 2 is 1.84 bits per heavy atom. The molecular formula is C33H50FN7O3Si. The SMILES string of the molecule is CCCn1nccc1C(=O)N[C@H](C(=O)Nc1ccc(-c2c(C)nn(COCC[Si](C)(C)C)c2CC)c(F)n1)[C@H]1CC[C@H](C)CC1. The van der Waals surface area contributed by atoms with E-state index in [1.54, 1.807) is 33.8 Å². The number of halogens is 1. The van der Waals surface area contributed by atoms with Crippen LogP contribution in [-0.4, -0.2) is 57.1 Å². The van der Waals surface area contributed by atoms with Gasteiger partial charge in [-0.2, -0.15) is 14.6 Å². The summed E-state index contributed by atoms with van der Waals surface area (Å²) in [6.07, 6.45) is 6.66. The lowest BCUT2D eigenvalue weighted by molar-refractivity contribution is -0.119. The van der Waals surface area contributed by atoms with E-state index in [1.165, 1.54) is 0 Å². The number of pyridine rings is 1. The van der Waals surface area contributed by atoms with Crippen molar-refractivity contribution in [1.82, 2.24) is 29.9 Å². The number of carbonyl (C=O) groups is 2. The molecule has 10 nitrogen and oxygen atoms in total. The zero-order chi connectivity index (χ0) is 32.7. The standard InChI is InChI=1S/C33H50FN7O3Si/c1-8-18-40-27(16-17-35-40)32(42)38-30(24-12-10-22(3)11-13-24)33(43)37-28-15-14-25(31(34)36-28)29-23(4)39-41(26(29)9-2)21-44-19-20-45(5,6)7/h14-17,22,24,30H,8-13,18-21H2,1-7H3,(H,38,42)(H,36,37,43)/t22-,24-,30-/m0/s1. The summed E-state index contributed by atoms with van der Waals surface area (Å²) in [4.78, 5) is 31.1. The van der Waals surface area contributed by atoms with Gasteiger partial charge in [-0.1, -0.05) is 53.3 Å². The van der Waals surface area contributed by atoms with Gasteiger partial charge >= 0.3 is 0 Å². The van der Waals surface area contributed by atoms with E-state index < -0.39 is 26.0 Å². The molecule has 45 heavy (non-hydrogen) atoms. The van der Waals surface area contributed by atoms with Gasteiger partial charge in [-0.25, -0.2) is 9.67 Å². The lowest BCUT2D eigenvalue weighted by Gasteiger charge is -2.32. The zero-order valence-electron chi connectivity index (χ0n) is 28.0. The van der Waals surface area contributed by atoms with Crippen LogP contribution in [0.25, 0.3) is 11.1 Å². The minimum atomic E-state index is -1.21. The maximum atomic E-state index is 15.6. The van der Waals surface area contributed by atoms with E-state index in [2.05, 4.69) is 52.4 Å². The van der Waals surface area contributed by atoms with E-state index in [4.69, 9.17) is 4.74 Å². The molecule has 3 aromatic heterocycles. The summed E-state index contributed by atoms with van der Waals surface area (Å²) in [6.45, 7) is 16.6. The molecule has 246 valence electrons. The fourth-order valence-corrected chi connectivity index (χ4v) is 6.77. The highest BCUT2D eigenvalue weighted by Crippen LogP contribution is 2.32. The number of aromatic nitrogens is 5. The molecule has 2 N–H and O–H groups in total. The smallest absolute Gasteiger partial charge is 0.270 e. The minimum absolute atomic E-state index is 0.0367. The number of amides is 2. The molecule has 0 spiro atoms. The molecule has 1 fully saturated rings. The van der Waals surface area contributed by atoms with Crippen LogP contribution in [0.15, 0.2) is 24.4 Å². The Bertz CT molecular complexity index is 1460. The van der Waals surface area contributed by atoms with Crippen LogP contribution in [0.2, 0.25) is 25.7 Å². The Kier molecular flexibility index (Phi) is 11.7. The molecule has 0 unspecified atom stereocenters. The van der Waals surface area contributed by atoms with Crippen molar-refractivity contribution in [3.8, 4) is 11.1 Å². The molecule has 1 aliphatic rings. The summed E-state index contributed by atoms with van der Waals surface area (Å²) in [7, 11) is -1.21. The molecule has 12 heteroatoms. The summed E-state index contributed by atoms with van der Waals surface area (Å²) >= 11 is 0. The van der Waals surface area contributed by atoms with Crippen molar-refractivity contribution in [1.29, 1.82) is 0 Å². The van der Waals surface area contributed by atoms with Crippen molar-refractivity contribution in [2.45, 2.75) is 111 Å². The van der Waals surface area contributed by atoms with Gasteiger partial charge in [0.15, 0.2) is 0 Å². The highest BCUT2D eigenvalue weighted by atomic mass is 28.3. The van der Waals surface area contributed by atoms with E-state index in [1.807, 2.05) is 20.8 Å². The summed E-state index contributed by atoms with van der Waals surface area (Å²) in [5.74, 6) is -0.812. The van der Waals surface area contributed by atoms with E-state index >= 15 is 4.39 Å². The molecule has 3 heterocycles. The number of nitrogens with one attached hydrogen (secondary N) is 2. The fourth-order valence-electron chi connectivity index (χ4n) is 6.02. The van der Waals surface area contributed by atoms with Crippen molar-refractivity contribution in [2.24, 2.45) is 11.8 Å². The van der Waals surface area contributed by atoms with Crippen LogP contribution < -0.4 is 10.6 Å². The third kappa shape index (κ3) is 8.87. The van der Waals surface area contributed by atoms with Gasteiger partial charge in [-0.05, 0) is 68.7 Å². The van der Waals surface area contributed by atoms with Gasteiger partial charge in [0.05, 0.1) is 5.69 Å². The minimum Gasteiger partial charge on any atom is -0.360 e. The largest absolute Gasteiger partial charge is 0.360 e. The lowest BCUT2D eigenvalue weighted by Crippen LogP contribution is -2.49. The monoisotopic (exact) mass is 639 g/mol. The van der Waals surface area contributed by atoms with Crippen LogP contribution in [0.4, 0.5) is 10.2 Å². The van der Waals surface area contributed by atoms with E-state index in [0.717, 1.165) is 43.8 Å². The van der Waals surface area contributed by atoms with Crippen LogP contribution in [0.1, 0.15) is 74.8 Å². The van der Waals surface area contributed by atoms with E-state index in [9.17, 15) is 9.59 Å². The number of carbonyl (C=O) groups excluding carboxylic acids is 2. The Morgan fingerprint density at radius 1 is 1.11 bits per heavy atom. The Hall–Kier alpha value is -3.38. The molecule has 0 radical (unpaired) electrons. The Balaban J connectivity index is 1.52. The maximum absolute atomic E-state index is 15.6. The Labute approximate surface area is 267 Å². The van der Waals surface area contributed by atoms with Crippen molar-refractivity contribution < 1.29 is 18.7 Å². The van der Waals surface area contributed by atoms with Crippen molar-refractivity contribution >= 4 is 25.7 Å². The number of ether oxygens (including phenoxy) is 1. The van der Waals surface area contributed by atoms with Crippen molar-refractivity contribution in [3.63, 3.8) is 0 Å². The second kappa shape index (κ2) is 15.3. The number of anilines is 1. The number of hydrogen-bond donors (Lipinski definition) is 2. The van der Waals surface area contributed by atoms with Gasteiger partial charge in [0.25, 0.3) is 5.91 Å². The second-order valence-corrected chi connectivity index (χ2v) is 19.2. The summed E-state index contributed by atoms with van der Waals surface area (Å²) in [5, 5.41) is 14.7. The number of nitrogens with zero attached hydrogens (tertiary/aromatic N) is 5. The molecule has 2 amide bonds. The van der Waals surface area contributed by atoms with Gasteiger partial charge in [-0.3, -0.25) is 14.3 Å². The first-order valence-corrected chi connectivity index (χ1v) is 20.1. The highest BCUT2D eigenvalue weighted by molar-refractivity contribution is 6.76. The van der Waals surface area contributed by atoms with Crippen LogP contribution in [0.5, 0.6) is 0 Å². The molecule has 4 rings (SSSR count). The average Bonchev–Trinajstić information content (AvgIpc) is 3.58. The maximum Gasteiger partial charge on any atom is 0.270 e. The molecule has 1 atom stereocenters. The predicted molar refractivity (Wildman–Crippen MR) is 177 cm³/mol. The molecular weight excluding hydrogens is 589 g/mol. The molecule has 0 aromatic carbocycles. The third-order valence-corrected chi connectivity index (χ3v) is 10.3. The van der Waals surface area contributed by atoms with Gasteiger partial charge in [0, 0.05) is 44.2 Å². The topological polar surface area (TPSA) is 116 Å². The fraction of sp³-hybridized carbons (Fsp3) is 0.606. The molecule has 0 saturated heterocycles. The Morgan fingerprint density at radius 3 is 2.49 bits per heavy atom. The summed E-state index contributed by atoms with van der Waals surface area (Å²) < 4.78 is 25.0. The third-order valence-electron chi connectivity index (χ3n) is 8.63. The summed E-state index contributed by atoms with van der Waals surface area (Å²) in [6, 6.07) is 5.17. The molecule has 1 aliphatic carbocycles. The normalized spacial score (nSPS) is 17.7. The number of rotatable bonds is 14. The van der Waals surface area contributed by atoms with Gasteiger partial charge in [0.1, 0.15) is 24.3 Å². The van der Waals surface area contributed by atoms with Crippen LogP contribution >= 0.6 is 0 Å². The first-order chi connectivity index (χ1) is 21.4. The number of aryl methyl sites for hydroxylation is 2. The van der Waals surface area contributed by atoms with E-state index in [-0.39, 0.29) is 17.6 Å². The van der Waals surface area contributed by atoms with Crippen LogP contribution in [-0.2, 0) is 29.2 Å². The van der Waals surface area contributed by atoms with Crippen molar-refractivity contribution in [2.75, 3.05) is 11.9 Å². The molecule has 0 aliphatic heterocycles. The lowest BCUT2D eigenvalue weighted by atomic mass is 9.79. The first-order valence-electron chi connectivity index (χ1n) is 16.4. The summed E-state index contributed by atoms with van der Waals surface area (Å²) in [5.41, 5.74) is 2.99. The quantitative estimate of drug-likeness (QED) is 0.119. The predicted octanol–water partition coefficient (Wildman–Crippen LogP) is 6.44. The molecule has 3 aromatic rings. The first kappa shape index (κ1) is 34.5. The van der Waals surface area contributed by atoms with Gasteiger partial charge < -0.3 is 15.4 Å². The molecule has 0 bridgehead atoms. The molecule has 1 saturated carbocycles. The van der Waals surface area contributed by atoms with Crippen molar-refractivity contribution in [3.05, 3.63) is 47.4 Å². The van der Waals surface area contributed by atoms with Crippen LogP contribution in [0, 0.1) is 24.7 Å². The van der Waals surface area contributed by atoms with Crippen LogP contribution in [0.3, 0.4) is 0 Å². The average molecular weight is 640 g/mol. The van der Waals surface area contributed by atoms with E-state index in [0.29, 0.717) is 54.7 Å². The zero-order valence-corrected chi connectivity index (χ0v) is 29.0. The van der Waals surface area contributed by atoms with Gasteiger partial charge in [-0.15, -0.1) is 0 Å².